The number of nitrogens with one attached hydrogen (secondary N) is 2. The molecule has 4 atom stereocenters. The molecule has 0 aromatic rings. The molecule has 0 saturated carbocycles. The highest BCUT2D eigenvalue weighted by Crippen LogP contribution is 2.19. The summed E-state index contributed by atoms with van der Waals surface area (Å²) in [4.78, 5) is 36.3. The van der Waals surface area contributed by atoms with Crippen LogP contribution in [0, 0.1) is 17.8 Å². The first kappa shape index (κ1) is 24.9. The van der Waals surface area contributed by atoms with Gasteiger partial charge in [0.15, 0.2) is 0 Å². The third-order valence-electron chi connectivity index (χ3n) is 3.89. The van der Waals surface area contributed by atoms with Crippen LogP contribution in [0.5, 0.6) is 0 Å². The van der Waals surface area contributed by atoms with Crippen LogP contribution in [0.1, 0.15) is 48.5 Å². The Bertz CT molecular complexity index is 470. The van der Waals surface area contributed by atoms with Gasteiger partial charge >= 0.3 is 18.0 Å². The highest BCUT2D eigenvalue weighted by atomic mass is 127. The van der Waals surface area contributed by atoms with Crippen molar-refractivity contribution in [3.63, 3.8) is 0 Å². The molecule has 0 bridgehead atoms. The molecule has 0 radical (unpaired) electrons. The Morgan fingerprint density at radius 1 is 0.923 bits per heavy atom. The summed E-state index contributed by atoms with van der Waals surface area (Å²) in [5.74, 6) is -0.754. The van der Waals surface area contributed by atoms with Crippen LogP contribution in [0.4, 0.5) is 4.79 Å². The summed E-state index contributed by atoms with van der Waals surface area (Å²) in [5, 5.41) is 5.47. The summed E-state index contributed by atoms with van der Waals surface area (Å²) in [6.45, 7) is 13.7. The van der Waals surface area contributed by atoms with Crippen molar-refractivity contribution >= 4 is 40.6 Å². The molecule has 7 nitrogen and oxygen atoms in total. The summed E-state index contributed by atoms with van der Waals surface area (Å²) in [7, 11) is 0. The lowest BCUT2D eigenvalue weighted by atomic mass is 10.00. The van der Waals surface area contributed by atoms with Crippen molar-refractivity contribution in [2.24, 2.45) is 17.8 Å². The maximum Gasteiger partial charge on any atom is 0.328 e. The van der Waals surface area contributed by atoms with Gasteiger partial charge in [0.2, 0.25) is 0 Å². The van der Waals surface area contributed by atoms with E-state index >= 15 is 0 Å². The van der Waals surface area contributed by atoms with E-state index in [2.05, 4.69) is 10.6 Å². The van der Waals surface area contributed by atoms with E-state index in [1.165, 1.54) is 0 Å². The minimum Gasteiger partial charge on any atom is -0.465 e. The molecule has 2 N–H and O–H groups in total. The van der Waals surface area contributed by atoms with Crippen LogP contribution >= 0.6 is 22.6 Å². The first-order chi connectivity index (χ1) is 12.0. The molecule has 152 valence electrons. The van der Waals surface area contributed by atoms with Crippen molar-refractivity contribution in [2.45, 2.75) is 64.5 Å². The molecular formula is C18H33IN2O5. The van der Waals surface area contributed by atoms with Crippen molar-refractivity contribution in [3.05, 3.63) is 0 Å². The van der Waals surface area contributed by atoms with E-state index in [0.717, 1.165) is 0 Å². The third kappa shape index (κ3) is 9.05. The molecular weight excluding hydrogens is 451 g/mol. The number of urea groups is 1. The fourth-order valence-corrected chi connectivity index (χ4v) is 2.85. The van der Waals surface area contributed by atoms with Crippen molar-refractivity contribution in [1.29, 1.82) is 0 Å². The molecule has 0 aromatic heterocycles. The van der Waals surface area contributed by atoms with Gasteiger partial charge in [-0.3, -0.25) is 4.79 Å². The number of hydrogen-bond donors (Lipinski definition) is 2. The van der Waals surface area contributed by atoms with Crippen molar-refractivity contribution in [1.82, 2.24) is 10.6 Å². The number of halogens is 1. The number of carbonyl (C=O) groups is 3. The lowest BCUT2D eigenvalue weighted by Crippen LogP contribution is -2.53. The first-order valence-corrected chi connectivity index (χ1v) is 10.3. The largest absolute Gasteiger partial charge is 0.465 e. The van der Waals surface area contributed by atoms with Gasteiger partial charge in [0.1, 0.15) is 9.97 Å². The van der Waals surface area contributed by atoms with Crippen molar-refractivity contribution < 1.29 is 23.9 Å². The zero-order chi connectivity index (χ0) is 20.4. The van der Waals surface area contributed by atoms with Gasteiger partial charge in [-0.05, 0) is 31.6 Å². The number of hydrogen-bond acceptors (Lipinski definition) is 5. The van der Waals surface area contributed by atoms with E-state index in [1.54, 1.807) is 6.92 Å². The van der Waals surface area contributed by atoms with Gasteiger partial charge in [-0.1, -0.05) is 57.2 Å². The van der Waals surface area contributed by atoms with E-state index in [-0.39, 0.29) is 33.7 Å². The fraction of sp³-hybridized carbons (Fsp3) is 0.833. The van der Waals surface area contributed by atoms with Crippen LogP contribution in [0.3, 0.4) is 0 Å². The Kier molecular flexibility index (Phi) is 11.8. The zero-order valence-electron chi connectivity index (χ0n) is 16.8. The lowest BCUT2D eigenvalue weighted by molar-refractivity contribution is -0.148. The minimum atomic E-state index is -0.725. The summed E-state index contributed by atoms with van der Waals surface area (Å²) in [6.07, 6.45) is 0. The van der Waals surface area contributed by atoms with Gasteiger partial charge in [-0.15, -0.1) is 0 Å². The topological polar surface area (TPSA) is 93.7 Å². The Morgan fingerprint density at radius 3 is 1.96 bits per heavy atom. The molecule has 2 unspecified atom stereocenters. The third-order valence-corrected chi connectivity index (χ3v) is 5.53. The molecule has 0 saturated heterocycles. The molecule has 0 aromatic carbocycles. The molecule has 0 aliphatic heterocycles. The molecule has 8 heteroatoms. The number of alkyl halides is 1. The number of amides is 2. The Balaban J connectivity index is 4.71. The van der Waals surface area contributed by atoms with Crippen LogP contribution in [0.2, 0.25) is 0 Å². The second kappa shape index (κ2) is 12.3. The second-order valence-electron chi connectivity index (χ2n) is 7.16. The number of ether oxygens (including phenoxy) is 2. The summed E-state index contributed by atoms with van der Waals surface area (Å²) in [5.41, 5.74) is 0. The Labute approximate surface area is 170 Å². The van der Waals surface area contributed by atoms with Gasteiger partial charge in [0.25, 0.3) is 0 Å². The molecule has 0 spiro atoms. The lowest BCUT2D eigenvalue weighted by Gasteiger charge is -2.27. The maximum atomic E-state index is 12.3. The predicted molar refractivity (Wildman–Crippen MR) is 109 cm³/mol. The fourth-order valence-electron chi connectivity index (χ4n) is 2.05. The molecule has 2 amide bonds. The van der Waals surface area contributed by atoms with E-state index < -0.39 is 18.0 Å². The van der Waals surface area contributed by atoms with Crippen LogP contribution in [0.25, 0.3) is 0 Å². The molecule has 26 heavy (non-hydrogen) atoms. The number of esters is 2. The number of rotatable bonds is 10. The van der Waals surface area contributed by atoms with E-state index in [9.17, 15) is 14.4 Å². The van der Waals surface area contributed by atoms with Gasteiger partial charge in [0, 0.05) is 6.04 Å². The molecule has 0 aliphatic carbocycles. The smallest absolute Gasteiger partial charge is 0.328 e. The maximum absolute atomic E-state index is 12.3. The van der Waals surface area contributed by atoms with E-state index in [4.69, 9.17) is 9.47 Å². The van der Waals surface area contributed by atoms with E-state index in [0.29, 0.717) is 13.2 Å². The quantitative estimate of drug-likeness (QED) is 0.283. The van der Waals surface area contributed by atoms with Crippen molar-refractivity contribution in [2.75, 3.05) is 13.2 Å². The predicted octanol–water partition coefficient (Wildman–Crippen LogP) is 2.90. The summed E-state index contributed by atoms with van der Waals surface area (Å²) >= 11 is 2.02. The average Bonchev–Trinajstić information content (AvgIpc) is 2.55. The standard InChI is InChI=1S/C18H33IN2O5/c1-8-25-16(22)14(19)12(6)13(7)20-18(24)21-15(11(4)5)17(23)26-9-10(2)3/h10-15H,8-9H2,1-7H3,(H2,20,21,24)/t12-,13?,14?,15-/m0/s1. The highest BCUT2D eigenvalue weighted by molar-refractivity contribution is 14.1. The second-order valence-corrected chi connectivity index (χ2v) is 8.51. The van der Waals surface area contributed by atoms with Crippen LogP contribution in [0.15, 0.2) is 0 Å². The van der Waals surface area contributed by atoms with Gasteiger partial charge in [-0.25, -0.2) is 9.59 Å². The number of carbonyl (C=O) groups excluding carboxylic acids is 3. The zero-order valence-corrected chi connectivity index (χ0v) is 19.0. The Morgan fingerprint density at radius 2 is 1.50 bits per heavy atom. The molecule has 0 fully saturated rings. The minimum absolute atomic E-state index is 0.106. The highest BCUT2D eigenvalue weighted by Gasteiger charge is 2.30. The molecule has 0 rings (SSSR count). The van der Waals surface area contributed by atoms with Crippen LogP contribution < -0.4 is 10.6 Å². The average molecular weight is 484 g/mol. The SMILES string of the molecule is CCOC(=O)C(I)[C@@H](C)C(C)NC(=O)N[C@H](C(=O)OCC(C)C)C(C)C. The van der Waals surface area contributed by atoms with Gasteiger partial charge < -0.3 is 20.1 Å². The van der Waals surface area contributed by atoms with Gasteiger partial charge in [-0.2, -0.15) is 0 Å². The summed E-state index contributed by atoms with van der Waals surface area (Å²) in [6, 6.07) is -1.46. The molecule has 0 aliphatic rings. The van der Waals surface area contributed by atoms with Crippen LogP contribution in [-0.2, 0) is 19.1 Å². The monoisotopic (exact) mass is 484 g/mol. The molecule has 0 heterocycles. The summed E-state index contributed by atoms with van der Waals surface area (Å²) < 4.78 is 9.88. The normalized spacial score (nSPS) is 15.8. The van der Waals surface area contributed by atoms with E-state index in [1.807, 2.05) is 64.1 Å². The Hall–Kier alpha value is -1.06. The van der Waals surface area contributed by atoms with Crippen LogP contribution in [-0.4, -0.2) is 47.2 Å². The first-order valence-electron chi connectivity index (χ1n) is 9.05. The van der Waals surface area contributed by atoms with Crippen molar-refractivity contribution in [3.8, 4) is 0 Å². The van der Waals surface area contributed by atoms with Gasteiger partial charge in [0.05, 0.1) is 13.2 Å².